The van der Waals surface area contributed by atoms with Crippen LogP contribution < -0.4 is 5.32 Å². The third-order valence-corrected chi connectivity index (χ3v) is 2.65. The first kappa shape index (κ1) is 14.4. The molecule has 0 aliphatic heterocycles. The first-order valence-corrected chi connectivity index (χ1v) is 5.83. The summed E-state index contributed by atoms with van der Waals surface area (Å²) in [6.45, 7) is 4.25. The Kier molecular flexibility index (Phi) is 5.51. The second-order valence-corrected chi connectivity index (χ2v) is 4.10. The van der Waals surface area contributed by atoms with Crippen LogP contribution in [0.5, 0.6) is 0 Å². The monoisotopic (exact) mass is 253 g/mol. The van der Waals surface area contributed by atoms with E-state index in [1.165, 1.54) is 0 Å². The molecule has 100 valence electrons. The number of hydrogen-bond acceptors (Lipinski definition) is 5. The van der Waals surface area contributed by atoms with Gasteiger partial charge in [-0.1, -0.05) is 0 Å². The van der Waals surface area contributed by atoms with Gasteiger partial charge in [0, 0.05) is 13.7 Å². The number of rotatable bonds is 7. The Balaban J connectivity index is 2.64. The fourth-order valence-electron chi connectivity index (χ4n) is 1.48. The number of nitrogens with one attached hydrogen (secondary N) is 1. The zero-order valence-electron chi connectivity index (χ0n) is 10.9. The first-order chi connectivity index (χ1) is 8.54. The normalized spacial score (nSPS) is 12.2. The molecule has 0 saturated carbocycles. The van der Waals surface area contributed by atoms with Crippen molar-refractivity contribution >= 4 is 11.8 Å². The fourth-order valence-corrected chi connectivity index (χ4v) is 1.48. The van der Waals surface area contributed by atoms with Gasteiger partial charge in [0.1, 0.15) is 11.9 Å². The molecule has 0 aliphatic rings. The molecular weight excluding hydrogens is 234 g/mol. The van der Waals surface area contributed by atoms with E-state index in [1.807, 2.05) is 13.8 Å². The molecule has 18 heavy (non-hydrogen) atoms. The van der Waals surface area contributed by atoms with E-state index in [1.54, 1.807) is 13.3 Å². The summed E-state index contributed by atoms with van der Waals surface area (Å²) in [6.07, 6.45) is 2.71. The van der Waals surface area contributed by atoms with Crippen molar-refractivity contribution in [2.24, 2.45) is 0 Å². The SMILES string of the molecule is COCCCC(Nc1cnc(C)c(C)n1)C(=O)O. The molecule has 6 nitrogen and oxygen atoms in total. The minimum atomic E-state index is -0.897. The topological polar surface area (TPSA) is 84.3 Å². The van der Waals surface area contributed by atoms with Gasteiger partial charge in [-0.25, -0.2) is 9.78 Å². The number of aliphatic carboxylic acids is 1. The lowest BCUT2D eigenvalue weighted by molar-refractivity contribution is -0.138. The maximum absolute atomic E-state index is 11.1. The molecule has 6 heteroatoms. The molecule has 1 rings (SSSR count). The van der Waals surface area contributed by atoms with Crippen LogP contribution in [-0.4, -0.2) is 40.8 Å². The Morgan fingerprint density at radius 2 is 2.22 bits per heavy atom. The van der Waals surface area contributed by atoms with Crippen LogP contribution in [0.1, 0.15) is 24.2 Å². The Morgan fingerprint density at radius 3 is 2.78 bits per heavy atom. The van der Waals surface area contributed by atoms with E-state index in [0.717, 1.165) is 11.4 Å². The summed E-state index contributed by atoms with van der Waals surface area (Å²) in [4.78, 5) is 19.5. The molecule has 0 amide bonds. The summed E-state index contributed by atoms with van der Waals surface area (Å²) in [6, 6.07) is -0.670. The molecule has 0 saturated heterocycles. The highest BCUT2D eigenvalue weighted by atomic mass is 16.5. The molecule has 1 aromatic heterocycles. The number of carbonyl (C=O) groups is 1. The van der Waals surface area contributed by atoms with Crippen molar-refractivity contribution in [3.63, 3.8) is 0 Å². The number of carboxylic acids is 1. The maximum atomic E-state index is 11.1. The molecule has 0 bridgehead atoms. The number of ether oxygens (including phenoxy) is 1. The highest BCUT2D eigenvalue weighted by Crippen LogP contribution is 2.10. The molecular formula is C12H19N3O3. The van der Waals surface area contributed by atoms with E-state index in [0.29, 0.717) is 25.3 Å². The van der Waals surface area contributed by atoms with E-state index < -0.39 is 12.0 Å². The van der Waals surface area contributed by atoms with Gasteiger partial charge < -0.3 is 15.2 Å². The number of aromatic nitrogens is 2. The molecule has 0 radical (unpaired) electrons. The third kappa shape index (κ3) is 4.29. The van der Waals surface area contributed by atoms with Crippen LogP contribution in [0.15, 0.2) is 6.20 Å². The second kappa shape index (κ2) is 6.90. The summed E-state index contributed by atoms with van der Waals surface area (Å²) < 4.78 is 4.91. The van der Waals surface area contributed by atoms with E-state index in [4.69, 9.17) is 9.84 Å². The average molecular weight is 253 g/mol. The molecule has 1 aromatic rings. The van der Waals surface area contributed by atoms with Crippen LogP contribution in [-0.2, 0) is 9.53 Å². The molecule has 0 spiro atoms. The Labute approximate surface area is 106 Å². The van der Waals surface area contributed by atoms with Crippen molar-refractivity contribution in [1.29, 1.82) is 0 Å². The van der Waals surface area contributed by atoms with Crippen molar-refractivity contribution in [2.45, 2.75) is 32.7 Å². The van der Waals surface area contributed by atoms with Crippen molar-refractivity contribution in [1.82, 2.24) is 9.97 Å². The minimum absolute atomic E-state index is 0.484. The lowest BCUT2D eigenvalue weighted by Crippen LogP contribution is -2.30. The van der Waals surface area contributed by atoms with Gasteiger partial charge >= 0.3 is 5.97 Å². The van der Waals surface area contributed by atoms with Crippen LogP contribution in [0.2, 0.25) is 0 Å². The molecule has 1 heterocycles. The summed E-state index contributed by atoms with van der Waals surface area (Å²) in [7, 11) is 1.60. The summed E-state index contributed by atoms with van der Waals surface area (Å²) in [5, 5.41) is 12.0. The fraction of sp³-hybridized carbons (Fsp3) is 0.583. The molecule has 2 N–H and O–H groups in total. The van der Waals surface area contributed by atoms with Gasteiger partial charge in [0.25, 0.3) is 0 Å². The summed E-state index contributed by atoms with van der Waals surface area (Å²) in [5.74, 6) is -0.408. The third-order valence-electron chi connectivity index (χ3n) is 2.65. The van der Waals surface area contributed by atoms with Crippen molar-refractivity contribution < 1.29 is 14.6 Å². The maximum Gasteiger partial charge on any atom is 0.326 e. The van der Waals surface area contributed by atoms with Gasteiger partial charge in [0.15, 0.2) is 0 Å². The van der Waals surface area contributed by atoms with E-state index in [9.17, 15) is 4.79 Å². The zero-order chi connectivity index (χ0) is 13.5. The quantitative estimate of drug-likeness (QED) is 0.714. The van der Waals surface area contributed by atoms with Crippen LogP contribution in [0.3, 0.4) is 0 Å². The Morgan fingerprint density at radius 1 is 1.50 bits per heavy atom. The number of anilines is 1. The lowest BCUT2D eigenvalue weighted by Gasteiger charge is -2.15. The predicted molar refractivity (Wildman–Crippen MR) is 67.7 cm³/mol. The zero-order valence-corrected chi connectivity index (χ0v) is 10.9. The number of carboxylic acid groups (broad SMARTS) is 1. The van der Waals surface area contributed by atoms with Crippen LogP contribution in [0.25, 0.3) is 0 Å². The molecule has 0 fully saturated rings. The lowest BCUT2D eigenvalue weighted by atomic mass is 10.1. The van der Waals surface area contributed by atoms with Gasteiger partial charge in [-0.2, -0.15) is 0 Å². The molecule has 0 aromatic carbocycles. The summed E-state index contributed by atoms with van der Waals surface area (Å²) in [5.41, 5.74) is 1.63. The highest BCUT2D eigenvalue weighted by molar-refractivity contribution is 5.76. The molecule has 1 unspecified atom stereocenters. The largest absolute Gasteiger partial charge is 0.480 e. The van der Waals surface area contributed by atoms with Crippen LogP contribution >= 0.6 is 0 Å². The number of methoxy groups -OCH3 is 1. The van der Waals surface area contributed by atoms with Crippen molar-refractivity contribution in [2.75, 3.05) is 19.0 Å². The second-order valence-electron chi connectivity index (χ2n) is 4.10. The Hall–Kier alpha value is -1.69. The molecule has 0 aliphatic carbocycles. The van der Waals surface area contributed by atoms with Crippen molar-refractivity contribution in [3.05, 3.63) is 17.6 Å². The standard InChI is InChI=1S/C12H19N3O3/c1-8-9(2)14-11(7-13-8)15-10(12(16)17)5-4-6-18-3/h7,10H,4-6H2,1-3H3,(H,14,15)(H,16,17). The smallest absolute Gasteiger partial charge is 0.326 e. The minimum Gasteiger partial charge on any atom is -0.480 e. The van der Waals surface area contributed by atoms with Gasteiger partial charge in [-0.15, -0.1) is 0 Å². The van der Waals surface area contributed by atoms with Crippen LogP contribution in [0, 0.1) is 13.8 Å². The van der Waals surface area contributed by atoms with Gasteiger partial charge in [0.2, 0.25) is 0 Å². The van der Waals surface area contributed by atoms with Crippen molar-refractivity contribution in [3.8, 4) is 0 Å². The highest BCUT2D eigenvalue weighted by Gasteiger charge is 2.17. The number of hydrogen-bond donors (Lipinski definition) is 2. The van der Waals surface area contributed by atoms with Gasteiger partial charge in [-0.3, -0.25) is 4.98 Å². The first-order valence-electron chi connectivity index (χ1n) is 5.83. The summed E-state index contributed by atoms with van der Waals surface area (Å²) >= 11 is 0. The number of nitrogens with zero attached hydrogens (tertiary/aromatic N) is 2. The van der Waals surface area contributed by atoms with E-state index in [2.05, 4.69) is 15.3 Å². The van der Waals surface area contributed by atoms with E-state index in [-0.39, 0.29) is 0 Å². The Bertz CT molecular complexity index is 410. The molecule has 1 atom stereocenters. The predicted octanol–water partition coefficient (Wildman–Crippen LogP) is 1.39. The number of aryl methyl sites for hydroxylation is 2. The van der Waals surface area contributed by atoms with Gasteiger partial charge in [0.05, 0.1) is 17.6 Å². The average Bonchev–Trinajstić information content (AvgIpc) is 2.32. The van der Waals surface area contributed by atoms with Gasteiger partial charge in [-0.05, 0) is 26.7 Å². The van der Waals surface area contributed by atoms with E-state index >= 15 is 0 Å². The van der Waals surface area contributed by atoms with Crippen LogP contribution in [0.4, 0.5) is 5.82 Å².